The maximum absolute atomic E-state index is 13.2. The molecule has 2 heterocycles. The first kappa shape index (κ1) is 21.1. The lowest BCUT2D eigenvalue weighted by Crippen LogP contribution is -2.58. The monoisotopic (exact) mass is 426 g/mol. The van der Waals surface area contributed by atoms with E-state index in [2.05, 4.69) is 14.9 Å². The molecule has 1 aromatic heterocycles. The van der Waals surface area contributed by atoms with Gasteiger partial charge >= 0.3 is 24.5 Å². The zero-order valence-corrected chi connectivity index (χ0v) is 14.8. The van der Waals surface area contributed by atoms with E-state index < -0.39 is 41.3 Å². The van der Waals surface area contributed by atoms with Crippen LogP contribution in [-0.2, 0) is 4.74 Å². The molecule has 2 fully saturated rings. The Labute approximate surface area is 160 Å². The maximum atomic E-state index is 13.2. The summed E-state index contributed by atoms with van der Waals surface area (Å²) in [5, 5.41) is 6.34. The number of halogens is 6. The molecular weight excluding hydrogens is 410 g/mol. The van der Waals surface area contributed by atoms with Crippen LogP contribution in [0.1, 0.15) is 25.7 Å². The molecule has 2 amide bonds. The van der Waals surface area contributed by atoms with E-state index >= 15 is 0 Å². The first-order valence-corrected chi connectivity index (χ1v) is 8.64. The second-order valence-electron chi connectivity index (χ2n) is 7.06. The van der Waals surface area contributed by atoms with Crippen molar-refractivity contribution in [1.82, 2.24) is 15.1 Å². The molecule has 0 atom stereocenters. The lowest BCUT2D eigenvalue weighted by molar-refractivity contribution is -0.248. The number of rotatable bonds is 2. The van der Waals surface area contributed by atoms with Crippen molar-refractivity contribution in [2.75, 3.05) is 18.0 Å². The summed E-state index contributed by atoms with van der Waals surface area (Å²) in [4.78, 5) is 24.8. The Bertz CT molecular complexity index is 742. The molecule has 1 aliphatic carbocycles. The van der Waals surface area contributed by atoms with Crippen molar-refractivity contribution in [2.24, 2.45) is 5.41 Å². The molecule has 160 valence electrons. The van der Waals surface area contributed by atoms with E-state index in [0.29, 0.717) is 12.8 Å². The van der Waals surface area contributed by atoms with Crippen LogP contribution in [0.3, 0.4) is 0 Å². The summed E-state index contributed by atoms with van der Waals surface area (Å²) in [6.07, 6.45) is -11.0. The Kier molecular flexibility index (Phi) is 5.34. The molecule has 2 aliphatic rings. The highest BCUT2D eigenvalue weighted by atomic mass is 19.4. The molecule has 0 aromatic carbocycles. The van der Waals surface area contributed by atoms with E-state index in [0.717, 1.165) is 36.1 Å². The second kappa shape index (κ2) is 7.34. The van der Waals surface area contributed by atoms with E-state index in [1.165, 1.54) is 0 Å². The largest absolute Gasteiger partial charge is 0.425 e. The molecule has 1 saturated carbocycles. The van der Waals surface area contributed by atoms with Crippen LogP contribution >= 0.6 is 0 Å². The number of carbonyl (C=O) groups is 2. The minimum Gasteiger partial charge on any atom is -0.359 e. The van der Waals surface area contributed by atoms with Crippen LogP contribution in [0.2, 0.25) is 0 Å². The predicted molar refractivity (Wildman–Crippen MR) is 84.8 cm³/mol. The number of piperidine rings is 1. The van der Waals surface area contributed by atoms with Crippen LogP contribution in [0.5, 0.6) is 0 Å². The molecule has 3 rings (SSSR count). The number of nitrogens with zero attached hydrogens (tertiary/aromatic N) is 4. The number of hydrogen-bond donors (Lipinski definition) is 0. The fraction of sp³-hybridized carbons (Fsp3) is 0.625. The number of ether oxygens (including phenoxy) is 1. The number of aromatic nitrogens is 2. The Balaban J connectivity index is 1.82. The van der Waals surface area contributed by atoms with Crippen LogP contribution in [0.25, 0.3) is 0 Å². The van der Waals surface area contributed by atoms with E-state index in [4.69, 9.17) is 0 Å². The summed E-state index contributed by atoms with van der Waals surface area (Å²) in [7, 11) is 0. The summed E-state index contributed by atoms with van der Waals surface area (Å²) in [6, 6.07) is -2.54. The minimum atomic E-state index is -5.90. The average molecular weight is 426 g/mol. The average Bonchev–Trinajstić information content (AvgIpc) is 3.37. The molecule has 1 saturated heterocycles. The third kappa shape index (κ3) is 4.70. The van der Waals surface area contributed by atoms with Crippen LogP contribution in [0.4, 0.5) is 41.7 Å². The molecule has 1 aromatic rings. The zero-order valence-electron chi connectivity index (χ0n) is 14.8. The van der Waals surface area contributed by atoms with Gasteiger partial charge < -0.3 is 9.64 Å². The van der Waals surface area contributed by atoms with Gasteiger partial charge in [0.1, 0.15) is 0 Å². The topological polar surface area (TPSA) is 75.6 Å². The van der Waals surface area contributed by atoms with Crippen molar-refractivity contribution < 1.29 is 40.7 Å². The van der Waals surface area contributed by atoms with Crippen LogP contribution in [-0.4, -0.2) is 58.8 Å². The van der Waals surface area contributed by atoms with Crippen molar-refractivity contribution in [1.29, 1.82) is 0 Å². The Hall–Kier alpha value is -2.60. The lowest BCUT2D eigenvalue weighted by Gasteiger charge is -2.34. The van der Waals surface area contributed by atoms with Crippen LogP contribution < -0.4 is 4.90 Å². The number of likely N-dealkylation sites (tertiary alicyclic amines) is 1. The van der Waals surface area contributed by atoms with Crippen molar-refractivity contribution in [3.63, 3.8) is 0 Å². The third-order valence-electron chi connectivity index (χ3n) is 5.09. The minimum absolute atomic E-state index is 0.157. The molecule has 13 heteroatoms. The normalized spacial score (nSPS) is 18.7. The van der Waals surface area contributed by atoms with Crippen LogP contribution in [0, 0.1) is 5.41 Å². The summed E-state index contributed by atoms with van der Waals surface area (Å²) >= 11 is 0. The molecule has 0 bridgehead atoms. The van der Waals surface area contributed by atoms with Gasteiger partial charge in [-0.15, -0.1) is 5.10 Å². The summed E-state index contributed by atoms with van der Waals surface area (Å²) in [6.45, 7) is 0.415. The van der Waals surface area contributed by atoms with Gasteiger partial charge in [0.15, 0.2) is 5.82 Å². The molecule has 29 heavy (non-hydrogen) atoms. The van der Waals surface area contributed by atoms with E-state index in [-0.39, 0.29) is 18.5 Å². The number of anilines is 1. The highest BCUT2D eigenvalue weighted by Crippen LogP contribution is 2.53. The van der Waals surface area contributed by atoms with Gasteiger partial charge in [-0.25, -0.2) is 14.5 Å². The third-order valence-corrected chi connectivity index (χ3v) is 5.09. The molecular formula is C16H16F6N4O3. The number of amides is 2. The van der Waals surface area contributed by atoms with Gasteiger partial charge in [-0.2, -0.15) is 31.4 Å². The molecule has 0 N–H and O–H groups in total. The second-order valence-corrected chi connectivity index (χ2v) is 7.06. The standard InChI is InChI=1S/C16H16F6N4O3/c17-15(18,19)11(16(20,21)22)26(10-2-1-7-23-24-10)13(28)29-12(27)25-8-5-14(3-4-14)6-9-25/h1-2,7,11H,3-6,8-9H2. The van der Waals surface area contributed by atoms with Crippen LogP contribution in [0.15, 0.2) is 18.3 Å². The van der Waals surface area contributed by atoms with Gasteiger partial charge in [-0.05, 0) is 43.2 Å². The molecule has 1 spiro atoms. The molecule has 0 radical (unpaired) electrons. The van der Waals surface area contributed by atoms with Gasteiger partial charge in [0.25, 0.3) is 0 Å². The predicted octanol–water partition coefficient (Wildman–Crippen LogP) is 3.91. The quantitative estimate of drug-likeness (QED) is 0.530. The molecule has 1 aliphatic heterocycles. The Morgan fingerprint density at radius 1 is 1.07 bits per heavy atom. The fourth-order valence-electron chi connectivity index (χ4n) is 3.26. The fourth-order valence-corrected chi connectivity index (χ4v) is 3.26. The number of hydrogen-bond acceptors (Lipinski definition) is 5. The Morgan fingerprint density at radius 3 is 2.10 bits per heavy atom. The lowest BCUT2D eigenvalue weighted by atomic mass is 9.94. The van der Waals surface area contributed by atoms with Crippen molar-refractivity contribution in [3.8, 4) is 0 Å². The van der Waals surface area contributed by atoms with Gasteiger partial charge in [0, 0.05) is 19.3 Å². The number of carbonyl (C=O) groups excluding carboxylic acids is 2. The van der Waals surface area contributed by atoms with E-state index in [1.54, 1.807) is 0 Å². The zero-order chi connectivity index (χ0) is 21.4. The first-order valence-electron chi connectivity index (χ1n) is 8.64. The van der Waals surface area contributed by atoms with E-state index in [1.807, 2.05) is 0 Å². The smallest absolute Gasteiger partial charge is 0.359 e. The molecule has 7 nitrogen and oxygen atoms in total. The highest BCUT2D eigenvalue weighted by molar-refractivity contribution is 5.94. The van der Waals surface area contributed by atoms with Gasteiger partial charge in [-0.1, -0.05) is 0 Å². The van der Waals surface area contributed by atoms with Gasteiger partial charge in [0.05, 0.1) is 0 Å². The summed E-state index contributed by atoms with van der Waals surface area (Å²) in [5.41, 5.74) is 0.157. The summed E-state index contributed by atoms with van der Waals surface area (Å²) < 4.78 is 83.5. The molecule has 0 unspecified atom stereocenters. The number of alkyl halides is 6. The van der Waals surface area contributed by atoms with Gasteiger partial charge in [0.2, 0.25) is 6.04 Å². The van der Waals surface area contributed by atoms with Gasteiger partial charge in [-0.3, -0.25) is 0 Å². The highest BCUT2D eigenvalue weighted by Gasteiger charge is 2.62. The maximum Gasteiger partial charge on any atom is 0.425 e. The SMILES string of the molecule is O=C(OC(=O)N(c1cccnn1)C(C(F)(F)F)C(F)(F)F)N1CCC2(CC1)CC2. The van der Waals surface area contributed by atoms with Crippen molar-refractivity contribution in [3.05, 3.63) is 18.3 Å². The Morgan fingerprint density at radius 2 is 1.66 bits per heavy atom. The van der Waals surface area contributed by atoms with Crippen molar-refractivity contribution in [2.45, 2.75) is 44.1 Å². The van der Waals surface area contributed by atoms with E-state index in [9.17, 15) is 35.9 Å². The summed E-state index contributed by atoms with van der Waals surface area (Å²) in [5.74, 6) is -1.06. The first-order chi connectivity index (χ1) is 13.4. The van der Waals surface area contributed by atoms with Crippen molar-refractivity contribution >= 4 is 18.0 Å².